The fourth-order valence-corrected chi connectivity index (χ4v) is 4.97. The van der Waals surface area contributed by atoms with Crippen LogP contribution in [0.2, 0.25) is 15.1 Å². The molecule has 2 aromatic carbocycles. The molecule has 0 radical (unpaired) electrons. The Morgan fingerprint density at radius 2 is 1.61 bits per heavy atom. The minimum atomic E-state index is -4.00. The normalized spacial score (nSPS) is 12.4. The van der Waals surface area contributed by atoms with Crippen molar-refractivity contribution in [2.75, 3.05) is 23.7 Å². The van der Waals surface area contributed by atoms with Crippen LogP contribution in [-0.2, 0) is 26.2 Å². The molecular weight excluding hydrogens is 552 g/mol. The monoisotopic (exact) mass is 579 g/mol. The highest BCUT2D eigenvalue weighted by Gasteiger charge is 2.32. The number of carbonyl (C=O) groups excluding carboxylic acids is 2. The van der Waals surface area contributed by atoms with Crippen molar-refractivity contribution in [3.05, 3.63) is 62.8 Å². The van der Waals surface area contributed by atoms with Gasteiger partial charge in [0.2, 0.25) is 21.8 Å². The zero-order chi connectivity index (χ0) is 27.2. The third-order valence-electron chi connectivity index (χ3n) is 5.27. The molecule has 1 N–H and O–H groups in total. The second-order valence-corrected chi connectivity index (χ2v) is 11.8. The van der Waals surface area contributed by atoms with E-state index < -0.39 is 34.3 Å². The fraction of sp³-hybridized carbons (Fsp3) is 0.417. The average Bonchev–Trinajstić information content (AvgIpc) is 2.79. The van der Waals surface area contributed by atoms with Crippen LogP contribution in [0.4, 0.5) is 10.1 Å². The minimum Gasteiger partial charge on any atom is -0.354 e. The van der Waals surface area contributed by atoms with Gasteiger partial charge in [0.15, 0.2) is 0 Å². The predicted molar refractivity (Wildman–Crippen MR) is 143 cm³/mol. The van der Waals surface area contributed by atoms with Crippen LogP contribution in [0, 0.1) is 11.7 Å². The van der Waals surface area contributed by atoms with Gasteiger partial charge in [-0.2, -0.15) is 0 Å². The standard InChI is InChI=1S/C24H29Cl3FN3O4S/c1-5-21(24(33)29-12-15(2)3)30(13-16-6-8-17(28)9-7-16)23(32)14-31(36(4,34)35)22-11-19(26)18(25)10-20(22)27/h6-11,15,21H,5,12-14H2,1-4H3,(H,29,33)/t21-/m0/s1. The number of nitrogens with one attached hydrogen (secondary N) is 1. The number of amides is 2. The third kappa shape index (κ3) is 8.23. The highest BCUT2D eigenvalue weighted by Crippen LogP contribution is 2.35. The molecule has 2 aromatic rings. The Balaban J connectivity index is 2.48. The highest BCUT2D eigenvalue weighted by molar-refractivity contribution is 7.92. The fourth-order valence-electron chi connectivity index (χ4n) is 3.43. The summed E-state index contributed by atoms with van der Waals surface area (Å²) >= 11 is 18.3. The molecule has 7 nitrogen and oxygen atoms in total. The maximum absolute atomic E-state index is 13.6. The summed E-state index contributed by atoms with van der Waals surface area (Å²) in [6.45, 7) is 5.34. The quantitative estimate of drug-likeness (QED) is 0.373. The van der Waals surface area contributed by atoms with Gasteiger partial charge in [0.05, 0.1) is 27.0 Å². The summed E-state index contributed by atoms with van der Waals surface area (Å²) in [5.74, 6) is -1.29. The summed E-state index contributed by atoms with van der Waals surface area (Å²) in [5.41, 5.74) is 0.541. The molecule has 1 atom stereocenters. The number of sulfonamides is 1. The largest absolute Gasteiger partial charge is 0.354 e. The molecule has 12 heteroatoms. The first-order valence-corrected chi connectivity index (χ1v) is 14.2. The van der Waals surface area contributed by atoms with E-state index in [0.717, 1.165) is 10.6 Å². The minimum absolute atomic E-state index is 0.0190. The van der Waals surface area contributed by atoms with Gasteiger partial charge in [-0.15, -0.1) is 0 Å². The van der Waals surface area contributed by atoms with E-state index in [1.807, 2.05) is 13.8 Å². The SMILES string of the molecule is CC[C@@H](C(=O)NCC(C)C)N(Cc1ccc(F)cc1)C(=O)CN(c1cc(Cl)c(Cl)cc1Cl)S(C)(=O)=O. The molecule has 0 saturated heterocycles. The van der Waals surface area contributed by atoms with Crippen molar-refractivity contribution in [2.45, 2.75) is 39.8 Å². The zero-order valence-electron chi connectivity index (χ0n) is 20.4. The van der Waals surface area contributed by atoms with Crippen molar-refractivity contribution >= 4 is 62.3 Å². The summed E-state index contributed by atoms with van der Waals surface area (Å²) in [4.78, 5) is 27.9. The van der Waals surface area contributed by atoms with Crippen LogP contribution in [0.1, 0.15) is 32.8 Å². The molecule has 0 aromatic heterocycles. The molecule has 0 aliphatic rings. The molecule has 0 spiro atoms. The molecular formula is C24H29Cl3FN3O4S. The maximum Gasteiger partial charge on any atom is 0.244 e. The maximum atomic E-state index is 13.6. The number of rotatable bonds is 11. The number of hydrogen-bond acceptors (Lipinski definition) is 4. The smallest absolute Gasteiger partial charge is 0.244 e. The number of benzene rings is 2. The summed E-state index contributed by atoms with van der Waals surface area (Å²) in [6, 6.07) is 7.14. The summed E-state index contributed by atoms with van der Waals surface area (Å²) in [6.07, 6.45) is 1.19. The molecule has 0 saturated carbocycles. The van der Waals surface area contributed by atoms with E-state index in [1.54, 1.807) is 6.92 Å². The van der Waals surface area contributed by atoms with Gasteiger partial charge >= 0.3 is 0 Å². The van der Waals surface area contributed by atoms with Gasteiger partial charge in [-0.25, -0.2) is 12.8 Å². The zero-order valence-corrected chi connectivity index (χ0v) is 23.5. The number of nitrogens with zero attached hydrogens (tertiary/aromatic N) is 2. The van der Waals surface area contributed by atoms with Crippen LogP contribution >= 0.6 is 34.8 Å². The lowest BCUT2D eigenvalue weighted by atomic mass is 10.1. The lowest BCUT2D eigenvalue weighted by molar-refractivity contribution is -0.140. The molecule has 0 bridgehead atoms. The van der Waals surface area contributed by atoms with E-state index in [4.69, 9.17) is 34.8 Å². The lowest BCUT2D eigenvalue weighted by Gasteiger charge is -2.33. The van der Waals surface area contributed by atoms with Gasteiger partial charge in [-0.3, -0.25) is 13.9 Å². The molecule has 0 aliphatic heterocycles. The van der Waals surface area contributed by atoms with Crippen molar-refractivity contribution in [2.24, 2.45) is 5.92 Å². The van der Waals surface area contributed by atoms with Crippen LogP contribution < -0.4 is 9.62 Å². The first kappa shape index (κ1) is 30.2. The summed E-state index contributed by atoms with van der Waals surface area (Å²) in [7, 11) is -4.00. The second-order valence-electron chi connectivity index (χ2n) is 8.70. The van der Waals surface area contributed by atoms with Crippen molar-refractivity contribution in [3.63, 3.8) is 0 Å². The third-order valence-corrected chi connectivity index (χ3v) is 7.43. The van der Waals surface area contributed by atoms with Crippen molar-refractivity contribution < 1.29 is 22.4 Å². The highest BCUT2D eigenvalue weighted by atomic mass is 35.5. The van der Waals surface area contributed by atoms with Gasteiger partial charge < -0.3 is 10.2 Å². The average molecular weight is 581 g/mol. The van der Waals surface area contributed by atoms with E-state index in [1.165, 1.54) is 41.3 Å². The first-order chi connectivity index (χ1) is 16.7. The Morgan fingerprint density at radius 1 is 1.03 bits per heavy atom. The van der Waals surface area contributed by atoms with Crippen LogP contribution in [0.3, 0.4) is 0 Å². The number of anilines is 1. The van der Waals surface area contributed by atoms with Crippen molar-refractivity contribution in [1.29, 1.82) is 0 Å². The number of hydrogen-bond donors (Lipinski definition) is 1. The Labute approximate surface area is 226 Å². The Bertz CT molecular complexity index is 1190. The summed E-state index contributed by atoms with van der Waals surface area (Å²) in [5, 5.41) is 2.98. The lowest BCUT2D eigenvalue weighted by Crippen LogP contribution is -2.52. The van der Waals surface area contributed by atoms with Gasteiger partial charge in [0.1, 0.15) is 18.4 Å². The van der Waals surface area contributed by atoms with E-state index in [0.29, 0.717) is 12.1 Å². The van der Waals surface area contributed by atoms with E-state index in [2.05, 4.69) is 5.32 Å². The topological polar surface area (TPSA) is 86.8 Å². The molecule has 2 rings (SSSR count). The van der Waals surface area contributed by atoms with Crippen LogP contribution in [0.15, 0.2) is 36.4 Å². The van der Waals surface area contributed by atoms with Crippen LogP contribution in [-0.4, -0.2) is 50.5 Å². The Hall–Kier alpha value is -2.07. The molecule has 36 heavy (non-hydrogen) atoms. The van der Waals surface area contributed by atoms with Gasteiger partial charge in [0.25, 0.3) is 0 Å². The van der Waals surface area contributed by atoms with E-state index in [-0.39, 0.29) is 45.5 Å². The van der Waals surface area contributed by atoms with Crippen LogP contribution in [0.25, 0.3) is 0 Å². The summed E-state index contributed by atoms with van der Waals surface area (Å²) < 4.78 is 39.6. The number of halogens is 4. The Kier molecular flexibility index (Phi) is 10.8. The van der Waals surface area contributed by atoms with E-state index >= 15 is 0 Å². The molecule has 0 unspecified atom stereocenters. The van der Waals surface area contributed by atoms with Gasteiger partial charge in [-0.1, -0.05) is 67.7 Å². The predicted octanol–water partition coefficient (Wildman–Crippen LogP) is 5.13. The van der Waals surface area contributed by atoms with Crippen LogP contribution in [0.5, 0.6) is 0 Å². The second kappa shape index (κ2) is 12.9. The molecule has 0 fully saturated rings. The van der Waals surface area contributed by atoms with Gasteiger partial charge in [-0.05, 0) is 42.2 Å². The number of carbonyl (C=O) groups is 2. The van der Waals surface area contributed by atoms with Crippen molar-refractivity contribution in [3.8, 4) is 0 Å². The van der Waals surface area contributed by atoms with E-state index in [9.17, 15) is 22.4 Å². The first-order valence-electron chi connectivity index (χ1n) is 11.2. The van der Waals surface area contributed by atoms with Gasteiger partial charge in [0, 0.05) is 13.1 Å². The van der Waals surface area contributed by atoms with Crippen molar-refractivity contribution in [1.82, 2.24) is 10.2 Å². The molecule has 0 aliphatic carbocycles. The molecule has 198 valence electrons. The molecule has 0 heterocycles. The Morgan fingerprint density at radius 3 is 2.14 bits per heavy atom. The molecule has 2 amide bonds.